The number of carbonyl (C=O) groups is 1. The quantitative estimate of drug-likeness (QED) is 0.305. The van der Waals surface area contributed by atoms with Gasteiger partial charge in [-0.25, -0.2) is 9.55 Å². The van der Waals surface area contributed by atoms with Gasteiger partial charge in [0.15, 0.2) is 17.4 Å². The lowest BCUT2D eigenvalue weighted by Crippen LogP contribution is -2.47. The summed E-state index contributed by atoms with van der Waals surface area (Å²) in [6.07, 6.45) is -1.02. The van der Waals surface area contributed by atoms with Crippen molar-refractivity contribution in [3.8, 4) is 5.88 Å². The van der Waals surface area contributed by atoms with Crippen molar-refractivity contribution < 1.29 is 42.2 Å². The summed E-state index contributed by atoms with van der Waals surface area (Å²) in [6, 6.07) is 0. The second kappa shape index (κ2) is 9.12. The number of hydrogen-bond donors (Lipinski definition) is 2. The first-order chi connectivity index (χ1) is 15.7. The van der Waals surface area contributed by atoms with Crippen molar-refractivity contribution in [1.82, 2.24) is 19.5 Å². The molecule has 0 amide bonds. The number of phosphoric acid groups is 1. The number of esters is 1. The maximum absolute atomic E-state index is 12.9. The average molecular weight is 487 g/mol. The van der Waals surface area contributed by atoms with Crippen LogP contribution in [-0.2, 0) is 32.4 Å². The first kappa shape index (κ1) is 23.8. The number of anilines is 1. The minimum atomic E-state index is -3.99. The number of nitrogens with zero attached hydrogens (tertiary/aromatic N) is 4. The number of fused-ring (bicyclic) bond motifs is 2. The first-order valence-electron chi connectivity index (χ1n) is 10.3. The predicted octanol–water partition coefficient (Wildman–Crippen LogP) is 0.949. The smallest absolute Gasteiger partial charge is 0.475 e. The van der Waals surface area contributed by atoms with Crippen molar-refractivity contribution in [2.45, 2.75) is 50.7 Å². The van der Waals surface area contributed by atoms with Crippen LogP contribution in [0.15, 0.2) is 6.33 Å². The fourth-order valence-corrected chi connectivity index (χ4v) is 5.29. The molecule has 2 aromatic rings. The molecule has 0 radical (unpaired) electrons. The number of phosphoric ester groups is 1. The number of imidazole rings is 1. The van der Waals surface area contributed by atoms with E-state index in [1.807, 2.05) is 0 Å². The second-order valence-corrected chi connectivity index (χ2v) is 9.30. The van der Waals surface area contributed by atoms with Gasteiger partial charge in [-0.2, -0.15) is 9.97 Å². The Morgan fingerprint density at radius 1 is 1.45 bits per heavy atom. The van der Waals surface area contributed by atoms with Crippen LogP contribution >= 0.6 is 7.82 Å². The Balaban J connectivity index is 1.49. The van der Waals surface area contributed by atoms with Crippen LogP contribution in [0.25, 0.3) is 11.2 Å². The Kier molecular flexibility index (Phi) is 6.58. The van der Waals surface area contributed by atoms with Crippen LogP contribution in [0.2, 0.25) is 0 Å². The standard InChI is InChI=1S/C18H26N5O9P/c1-4-28-11(24)6-5-7-29-33(26)30-8-10-13(32-33)18(2,25)16(31-10)23-9-20-12-14(23)21-17(19)22-15(12)27-3/h9-10,13,16,25H,4-8H2,1-3H3,(H2,19,21,22). The van der Waals surface area contributed by atoms with E-state index in [1.165, 1.54) is 24.9 Å². The number of ether oxygens (including phenoxy) is 3. The third-order valence-corrected chi connectivity index (χ3v) is 6.74. The maximum atomic E-state index is 12.9. The molecule has 3 N–H and O–H groups in total. The zero-order valence-corrected chi connectivity index (χ0v) is 19.3. The summed E-state index contributed by atoms with van der Waals surface area (Å²) in [5.74, 6) is -0.253. The van der Waals surface area contributed by atoms with Crippen molar-refractivity contribution in [1.29, 1.82) is 0 Å². The molecule has 0 aromatic carbocycles. The SMILES string of the molecule is CCOC(=O)CCCOP1(=O)OCC2OC(n3cnc4c(OC)nc(N)nc43)C(C)(O)C2O1. The topological polar surface area (TPSA) is 179 Å². The number of aromatic nitrogens is 4. The molecule has 33 heavy (non-hydrogen) atoms. The molecular formula is C18H26N5O9P. The van der Waals surface area contributed by atoms with Crippen molar-refractivity contribution >= 4 is 30.9 Å². The van der Waals surface area contributed by atoms with Gasteiger partial charge in [0, 0.05) is 6.42 Å². The lowest BCUT2D eigenvalue weighted by molar-refractivity contribution is -0.143. The molecular weight excluding hydrogens is 461 g/mol. The van der Waals surface area contributed by atoms with Gasteiger partial charge in [0.25, 0.3) is 0 Å². The molecule has 2 fully saturated rings. The van der Waals surface area contributed by atoms with Gasteiger partial charge in [0.05, 0.1) is 33.3 Å². The van der Waals surface area contributed by atoms with E-state index in [4.69, 9.17) is 33.5 Å². The highest BCUT2D eigenvalue weighted by atomic mass is 31.2. The minimum absolute atomic E-state index is 0.0449. The van der Waals surface area contributed by atoms with Gasteiger partial charge in [-0.15, -0.1) is 0 Å². The molecule has 4 heterocycles. The van der Waals surface area contributed by atoms with E-state index in [2.05, 4.69) is 15.0 Å². The summed E-state index contributed by atoms with van der Waals surface area (Å²) in [7, 11) is -2.57. The molecule has 14 nitrogen and oxygen atoms in total. The van der Waals surface area contributed by atoms with Crippen molar-refractivity contribution in [3.05, 3.63) is 6.33 Å². The van der Waals surface area contributed by atoms with Gasteiger partial charge in [-0.1, -0.05) is 0 Å². The second-order valence-electron chi connectivity index (χ2n) is 7.68. The van der Waals surface area contributed by atoms with Crippen LogP contribution in [0.1, 0.15) is 32.9 Å². The highest BCUT2D eigenvalue weighted by molar-refractivity contribution is 7.48. The number of hydrogen-bond acceptors (Lipinski definition) is 13. The van der Waals surface area contributed by atoms with Gasteiger partial charge in [0.2, 0.25) is 11.8 Å². The predicted molar refractivity (Wildman–Crippen MR) is 111 cm³/mol. The van der Waals surface area contributed by atoms with Gasteiger partial charge < -0.3 is 25.1 Å². The Bertz CT molecular complexity index is 1080. The molecule has 2 saturated heterocycles. The molecule has 0 aliphatic carbocycles. The monoisotopic (exact) mass is 487 g/mol. The Hall–Kier alpha value is -2.35. The van der Waals surface area contributed by atoms with Crippen LogP contribution in [0.5, 0.6) is 5.88 Å². The third-order valence-electron chi connectivity index (χ3n) is 5.29. The van der Waals surface area contributed by atoms with E-state index in [0.717, 1.165) is 0 Å². The molecule has 2 aliphatic heterocycles. The molecule has 0 saturated carbocycles. The molecule has 182 valence electrons. The van der Waals surface area contributed by atoms with Gasteiger partial charge >= 0.3 is 13.8 Å². The van der Waals surface area contributed by atoms with E-state index in [9.17, 15) is 14.5 Å². The highest BCUT2D eigenvalue weighted by Gasteiger charge is 2.60. The first-order valence-corrected chi connectivity index (χ1v) is 11.8. The summed E-state index contributed by atoms with van der Waals surface area (Å²) in [5.41, 5.74) is 4.71. The largest absolute Gasteiger partial charge is 0.479 e. The molecule has 2 aliphatic rings. The number of nitrogens with two attached hydrogens (primary N) is 1. The molecule has 2 aromatic heterocycles. The van der Waals surface area contributed by atoms with Crippen LogP contribution in [0.3, 0.4) is 0 Å². The van der Waals surface area contributed by atoms with Crippen molar-refractivity contribution in [2.75, 3.05) is 32.7 Å². The van der Waals surface area contributed by atoms with Crippen LogP contribution < -0.4 is 10.5 Å². The van der Waals surface area contributed by atoms with Crippen LogP contribution in [-0.4, -0.2) is 75.3 Å². The lowest BCUT2D eigenvalue weighted by Gasteiger charge is -2.35. The Morgan fingerprint density at radius 3 is 2.97 bits per heavy atom. The number of nitrogen functional groups attached to an aromatic ring is 1. The summed E-state index contributed by atoms with van der Waals surface area (Å²) in [4.78, 5) is 23.8. The van der Waals surface area contributed by atoms with Crippen molar-refractivity contribution in [3.63, 3.8) is 0 Å². The fraction of sp³-hybridized carbons (Fsp3) is 0.667. The Labute approximate surface area is 188 Å². The lowest BCUT2D eigenvalue weighted by atomic mass is 9.96. The highest BCUT2D eigenvalue weighted by Crippen LogP contribution is 2.58. The zero-order valence-electron chi connectivity index (χ0n) is 18.4. The molecule has 4 rings (SSSR count). The molecule has 0 bridgehead atoms. The number of rotatable bonds is 8. The molecule has 0 spiro atoms. The molecule has 5 atom stereocenters. The van der Waals surface area contributed by atoms with Gasteiger partial charge in [-0.3, -0.25) is 22.9 Å². The normalized spacial score (nSPS) is 31.5. The van der Waals surface area contributed by atoms with Gasteiger partial charge in [0.1, 0.15) is 17.8 Å². The third kappa shape index (κ3) is 4.54. The van der Waals surface area contributed by atoms with Crippen LogP contribution in [0.4, 0.5) is 5.95 Å². The zero-order chi connectivity index (χ0) is 23.8. The fourth-order valence-electron chi connectivity index (χ4n) is 3.79. The average Bonchev–Trinajstić information content (AvgIpc) is 3.29. The van der Waals surface area contributed by atoms with E-state index >= 15 is 0 Å². The number of methoxy groups -OCH3 is 1. The minimum Gasteiger partial charge on any atom is -0.479 e. The van der Waals surface area contributed by atoms with E-state index in [0.29, 0.717) is 5.52 Å². The summed E-state index contributed by atoms with van der Waals surface area (Å²) in [5, 5.41) is 11.3. The number of aliphatic hydroxyl groups is 1. The van der Waals surface area contributed by atoms with E-state index < -0.39 is 31.9 Å². The van der Waals surface area contributed by atoms with E-state index in [-0.39, 0.29) is 56.1 Å². The van der Waals surface area contributed by atoms with Crippen LogP contribution in [0, 0.1) is 0 Å². The molecule has 15 heteroatoms. The Morgan fingerprint density at radius 2 is 2.24 bits per heavy atom. The van der Waals surface area contributed by atoms with Crippen molar-refractivity contribution in [2.24, 2.45) is 0 Å². The van der Waals surface area contributed by atoms with E-state index in [1.54, 1.807) is 6.92 Å². The number of carbonyl (C=O) groups excluding carboxylic acids is 1. The summed E-state index contributed by atoms with van der Waals surface area (Å²) in [6.45, 7) is 3.27. The summed E-state index contributed by atoms with van der Waals surface area (Å²) < 4.78 is 46.6. The van der Waals surface area contributed by atoms with Gasteiger partial charge in [-0.05, 0) is 20.3 Å². The summed E-state index contributed by atoms with van der Waals surface area (Å²) >= 11 is 0. The molecule has 5 unspecified atom stereocenters. The maximum Gasteiger partial charge on any atom is 0.475 e.